The summed E-state index contributed by atoms with van der Waals surface area (Å²) in [6, 6.07) is 0. The molecule has 6 heteroatoms. The summed E-state index contributed by atoms with van der Waals surface area (Å²) >= 11 is 0. The Morgan fingerprint density at radius 3 is 2.95 bits per heavy atom. The van der Waals surface area contributed by atoms with E-state index in [9.17, 15) is 0 Å². The van der Waals surface area contributed by atoms with E-state index < -0.39 is 0 Å². The molecule has 0 radical (unpaired) electrons. The van der Waals surface area contributed by atoms with Crippen molar-refractivity contribution < 1.29 is 9.26 Å². The van der Waals surface area contributed by atoms with Crippen LogP contribution < -0.4 is 5.32 Å². The molecular formula is C13H20N4O2. The highest BCUT2D eigenvalue weighted by molar-refractivity contribution is 5.21. The van der Waals surface area contributed by atoms with Crippen molar-refractivity contribution in [3.8, 4) is 0 Å². The Bertz CT molecular complexity index is 499. The van der Waals surface area contributed by atoms with E-state index in [0.29, 0.717) is 6.61 Å². The molecule has 0 aromatic carbocycles. The molecule has 0 saturated carbocycles. The Hall–Kier alpha value is -1.66. The van der Waals surface area contributed by atoms with Crippen LogP contribution in [0.15, 0.2) is 17.0 Å². The van der Waals surface area contributed by atoms with Crippen LogP contribution in [0.2, 0.25) is 0 Å². The second kappa shape index (κ2) is 6.49. The molecule has 0 spiro atoms. The van der Waals surface area contributed by atoms with Gasteiger partial charge in [-0.3, -0.25) is 0 Å². The summed E-state index contributed by atoms with van der Waals surface area (Å²) in [4.78, 5) is 4.36. The summed E-state index contributed by atoms with van der Waals surface area (Å²) in [5.41, 5.74) is 3.07. The molecule has 0 aliphatic rings. The lowest BCUT2D eigenvalue weighted by Gasteiger charge is -2.02. The van der Waals surface area contributed by atoms with E-state index >= 15 is 0 Å². The molecule has 2 aromatic heterocycles. The zero-order chi connectivity index (χ0) is 13.7. The van der Waals surface area contributed by atoms with Crippen LogP contribution in [-0.2, 0) is 17.8 Å². The number of ether oxygens (including phenoxy) is 1. The molecule has 0 atom stereocenters. The van der Waals surface area contributed by atoms with Gasteiger partial charge in [0.05, 0.1) is 30.9 Å². The van der Waals surface area contributed by atoms with Crippen molar-refractivity contribution in [2.45, 2.75) is 26.9 Å². The van der Waals surface area contributed by atoms with Crippen LogP contribution in [0.1, 0.15) is 22.7 Å². The second-order valence-electron chi connectivity index (χ2n) is 4.51. The molecule has 0 aliphatic carbocycles. The summed E-state index contributed by atoms with van der Waals surface area (Å²) in [7, 11) is 1.69. The van der Waals surface area contributed by atoms with Gasteiger partial charge in [-0.1, -0.05) is 5.16 Å². The fourth-order valence-electron chi connectivity index (χ4n) is 1.89. The molecule has 1 N–H and O–H groups in total. The van der Waals surface area contributed by atoms with E-state index in [1.54, 1.807) is 7.11 Å². The SMILES string of the molecule is COCCNCc1cn(Cc2c(C)noc2C)cn1. The maximum absolute atomic E-state index is 5.16. The lowest BCUT2D eigenvalue weighted by Crippen LogP contribution is -2.18. The number of hydrogen-bond donors (Lipinski definition) is 1. The van der Waals surface area contributed by atoms with E-state index in [1.807, 2.05) is 30.9 Å². The molecule has 2 heterocycles. The molecule has 2 aromatic rings. The van der Waals surface area contributed by atoms with Crippen molar-refractivity contribution in [1.29, 1.82) is 0 Å². The maximum Gasteiger partial charge on any atom is 0.138 e. The number of aromatic nitrogens is 3. The third-order valence-corrected chi connectivity index (χ3v) is 3.00. The van der Waals surface area contributed by atoms with Crippen LogP contribution >= 0.6 is 0 Å². The first kappa shape index (κ1) is 13.8. The van der Waals surface area contributed by atoms with Gasteiger partial charge in [0.15, 0.2) is 0 Å². The number of rotatable bonds is 7. The number of aryl methyl sites for hydroxylation is 2. The lowest BCUT2D eigenvalue weighted by molar-refractivity contribution is 0.199. The van der Waals surface area contributed by atoms with Crippen molar-refractivity contribution in [3.63, 3.8) is 0 Å². The highest BCUT2D eigenvalue weighted by Crippen LogP contribution is 2.13. The van der Waals surface area contributed by atoms with Gasteiger partial charge in [0, 0.05) is 32.0 Å². The van der Waals surface area contributed by atoms with Gasteiger partial charge in [-0.25, -0.2) is 4.98 Å². The Labute approximate surface area is 112 Å². The van der Waals surface area contributed by atoms with Gasteiger partial charge in [-0.2, -0.15) is 0 Å². The standard InChI is InChI=1S/C13H20N4O2/c1-10-13(11(2)19-16-10)8-17-7-12(15-9-17)6-14-4-5-18-3/h7,9,14H,4-6,8H2,1-3H3. The second-order valence-corrected chi connectivity index (χ2v) is 4.51. The Morgan fingerprint density at radius 1 is 1.42 bits per heavy atom. The third-order valence-electron chi connectivity index (χ3n) is 3.00. The van der Waals surface area contributed by atoms with Crippen LogP contribution in [0.3, 0.4) is 0 Å². The molecule has 6 nitrogen and oxygen atoms in total. The average molecular weight is 264 g/mol. The van der Waals surface area contributed by atoms with Gasteiger partial charge in [-0.15, -0.1) is 0 Å². The summed E-state index contributed by atoms with van der Waals surface area (Å²) in [5.74, 6) is 0.867. The van der Waals surface area contributed by atoms with Crippen LogP contribution in [0.25, 0.3) is 0 Å². The molecule has 0 unspecified atom stereocenters. The van der Waals surface area contributed by atoms with Crippen LogP contribution in [0.5, 0.6) is 0 Å². The van der Waals surface area contributed by atoms with E-state index in [4.69, 9.17) is 9.26 Å². The summed E-state index contributed by atoms with van der Waals surface area (Å²) in [6.07, 6.45) is 3.87. The number of imidazole rings is 1. The van der Waals surface area contributed by atoms with Crippen LogP contribution in [-0.4, -0.2) is 35.0 Å². The smallest absolute Gasteiger partial charge is 0.138 e. The van der Waals surface area contributed by atoms with Crippen molar-refractivity contribution in [3.05, 3.63) is 35.2 Å². The van der Waals surface area contributed by atoms with E-state index in [2.05, 4.69) is 15.5 Å². The van der Waals surface area contributed by atoms with Crippen molar-refractivity contribution in [2.75, 3.05) is 20.3 Å². The first-order valence-corrected chi connectivity index (χ1v) is 6.32. The Kier molecular flexibility index (Phi) is 4.70. The molecule has 0 amide bonds. The highest BCUT2D eigenvalue weighted by atomic mass is 16.5. The molecular weight excluding hydrogens is 244 g/mol. The van der Waals surface area contributed by atoms with Crippen LogP contribution in [0.4, 0.5) is 0 Å². The topological polar surface area (TPSA) is 65.1 Å². The minimum absolute atomic E-state index is 0.708. The predicted octanol–water partition coefficient (Wildman–Crippen LogP) is 1.27. The fraction of sp³-hybridized carbons (Fsp3) is 0.538. The number of hydrogen-bond acceptors (Lipinski definition) is 5. The molecule has 0 fully saturated rings. The molecule has 0 saturated heterocycles. The lowest BCUT2D eigenvalue weighted by atomic mass is 10.2. The molecule has 0 bridgehead atoms. The number of nitrogens with zero attached hydrogens (tertiary/aromatic N) is 3. The summed E-state index contributed by atoms with van der Waals surface area (Å²) in [5, 5.41) is 7.22. The monoisotopic (exact) mass is 264 g/mol. The normalized spacial score (nSPS) is 11.1. The van der Waals surface area contributed by atoms with Gasteiger partial charge in [0.2, 0.25) is 0 Å². The first-order valence-electron chi connectivity index (χ1n) is 6.32. The molecule has 104 valence electrons. The maximum atomic E-state index is 5.16. The Balaban J connectivity index is 1.90. The van der Waals surface area contributed by atoms with Gasteiger partial charge in [-0.05, 0) is 13.8 Å². The molecule has 0 aliphatic heterocycles. The van der Waals surface area contributed by atoms with Crippen molar-refractivity contribution in [1.82, 2.24) is 20.0 Å². The van der Waals surface area contributed by atoms with Gasteiger partial charge in [0.1, 0.15) is 5.76 Å². The molecule has 19 heavy (non-hydrogen) atoms. The minimum Gasteiger partial charge on any atom is -0.383 e. The predicted molar refractivity (Wildman–Crippen MR) is 70.9 cm³/mol. The van der Waals surface area contributed by atoms with E-state index in [-0.39, 0.29) is 0 Å². The summed E-state index contributed by atoms with van der Waals surface area (Å²) in [6.45, 7) is 6.91. The van der Waals surface area contributed by atoms with E-state index in [1.165, 1.54) is 0 Å². The quantitative estimate of drug-likeness (QED) is 0.763. The Morgan fingerprint density at radius 2 is 2.26 bits per heavy atom. The zero-order valence-corrected chi connectivity index (χ0v) is 11.6. The summed E-state index contributed by atoms with van der Waals surface area (Å²) < 4.78 is 12.2. The van der Waals surface area contributed by atoms with Gasteiger partial charge < -0.3 is 19.1 Å². The van der Waals surface area contributed by atoms with E-state index in [0.717, 1.165) is 42.3 Å². The van der Waals surface area contributed by atoms with Crippen molar-refractivity contribution >= 4 is 0 Å². The zero-order valence-electron chi connectivity index (χ0n) is 11.6. The number of nitrogens with one attached hydrogen (secondary N) is 1. The number of methoxy groups -OCH3 is 1. The molecule has 2 rings (SSSR count). The third kappa shape index (κ3) is 3.65. The first-order chi connectivity index (χ1) is 9.20. The van der Waals surface area contributed by atoms with Gasteiger partial charge >= 0.3 is 0 Å². The average Bonchev–Trinajstić information content (AvgIpc) is 2.97. The largest absolute Gasteiger partial charge is 0.383 e. The van der Waals surface area contributed by atoms with Crippen molar-refractivity contribution in [2.24, 2.45) is 0 Å². The van der Waals surface area contributed by atoms with Crippen LogP contribution in [0, 0.1) is 13.8 Å². The van der Waals surface area contributed by atoms with Gasteiger partial charge in [0.25, 0.3) is 0 Å². The highest BCUT2D eigenvalue weighted by Gasteiger charge is 2.09. The fourth-order valence-corrected chi connectivity index (χ4v) is 1.89. The minimum atomic E-state index is 0.708.